The first kappa shape index (κ1) is 25.2. The maximum atomic E-state index is 10.8. The molecule has 1 aliphatic carbocycles. The second-order valence-corrected chi connectivity index (χ2v) is 9.63. The first-order valence-electron chi connectivity index (χ1n) is 13.2. The van der Waals surface area contributed by atoms with Crippen LogP contribution in [0.4, 0.5) is 22.2 Å². The predicted octanol–water partition coefficient (Wildman–Crippen LogP) is 2.77. The fraction of sp³-hybridized carbons (Fsp3) is 0.560. The zero-order valence-corrected chi connectivity index (χ0v) is 21.2. The largest absolute Gasteiger partial charge is 0.379 e. The van der Waals surface area contributed by atoms with Crippen molar-refractivity contribution >= 4 is 34.6 Å². The molecule has 0 unspecified atom stereocenters. The zero-order chi connectivity index (χ0) is 25.5. The van der Waals surface area contributed by atoms with Crippen molar-refractivity contribution < 1.29 is 9.53 Å². The maximum absolute atomic E-state index is 10.8. The second-order valence-electron chi connectivity index (χ2n) is 9.63. The third-order valence-electron chi connectivity index (χ3n) is 6.90. The van der Waals surface area contributed by atoms with Crippen molar-refractivity contribution in [1.29, 1.82) is 0 Å². The summed E-state index contributed by atoms with van der Waals surface area (Å²) in [4.78, 5) is 32.1. The van der Waals surface area contributed by atoms with Crippen LogP contribution >= 0.6 is 0 Å². The highest BCUT2D eigenvalue weighted by Crippen LogP contribution is 2.33. The van der Waals surface area contributed by atoms with Crippen molar-refractivity contribution in [3.05, 3.63) is 30.4 Å². The van der Waals surface area contributed by atoms with E-state index in [1.165, 1.54) is 12.8 Å². The van der Waals surface area contributed by atoms with Crippen LogP contribution in [-0.4, -0.2) is 74.8 Å². The van der Waals surface area contributed by atoms with Crippen LogP contribution in [0.25, 0.3) is 11.2 Å². The van der Waals surface area contributed by atoms with Gasteiger partial charge in [-0.15, -0.1) is 0 Å². The molecule has 3 aromatic heterocycles. The fourth-order valence-electron chi connectivity index (χ4n) is 4.91. The van der Waals surface area contributed by atoms with E-state index in [0.717, 1.165) is 81.1 Å². The number of hydrogen-bond donors (Lipinski definition) is 4. The van der Waals surface area contributed by atoms with E-state index in [-0.39, 0.29) is 0 Å². The molecule has 5 N–H and O–H groups in total. The molecule has 37 heavy (non-hydrogen) atoms. The average molecular weight is 509 g/mol. The zero-order valence-electron chi connectivity index (χ0n) is 21.2. The van der Waals surface area contributed by atoms with E-state index in [1.54, 1.807) is 0 Å². The van der Waals surface area contributed by atoms with Gasteiger partial charge in [0, 0.05) is 38.8 Å². The molecule has 0 spiro atoms. The van der Waals surface area contributed by atoms with Gasteiger partial charge >= 0.3 is 6.03 Å². The Morgan fingerprint density at radius 2 is 1.89 bits per heavy atom. The van der Waals surface area contributed by atoms with Gasteiger partial charge in [-0.1, -0.05) is 12.8 Å². The van der Waals surface area contributed by atoms with E-state index in [4.69, 9.17) is 20.4 Å². The number of aromatic nitrogens is 5. The number of nitrogens with two attached hydrogens (primary N) is 1. The Bertz CT molecular complexity index is 1170. The molecular formula is C25H36N10O2. The first-order valence-corrected chi connectivity index (χ1v) is 13.2. The molecule has 5 rings (SSSR count). The number of primary amides is 1. The summed E-state index contributed by atoms with van der Waals surface area (Å²) in [5.74, 6) is 1.21. The summed E-state index contributed by atoms with van der Waals surface area (Å²) in [6.07, 6.45) is 10.1. The lowest BCUT2D eigenvalue weighted by molar-refractivity contribution is 0.0336. The summed E-state index contributed by atoms with van der Waals surface area (Å²) < 4.78 is 7.63. The molecule has 0 bridgehead atoms. The molecule has 0 aromatic carbocycles. The van der Waals surface area contributed by atoms with Crippen LogP contribution in [0.1, 0.15) is 50.3 Å². The van der Waals surface area contributed by atoms with Gasteiger partial charge < -0.3 is 31.0 Å². The highest BCUT2D eigenvalue weighted by atomic mass is 16.5. The van der Waals surface area contributed by atoms with E-state index >= 15 is 0 Å². The van der Waals surface area contributed by atoms with Gasteiger partial charge in [0.05, 0.1) is 37.1 Å². The number of unbranched alkanes of at least 4 members (excludes halogenated alkanes) is 1. The summed E-state index contributed by atoms with van der Waals surface area (Å²) >= 11 is 0. The van der Waals surface area contributed by atoms with Crippen molar-refractivity contribution in [3.63, 3.8) is 0 Å². The second kappa shape index (κ2) is 12.2. The minimum atomic E-state index is -0.499. The number of carbonyl (C=O) groups is 1. The number of amides is 2. The van der Waals surface area contributed by atoms with Gasteiger partial charge in [0.1, 0.15) is 0 Å². The van der Waals surface area contributed by atoms with E-state index < -0.39 is 6.03 Å². The quantitative estimate of drug-likeness (QED) is 0.287. The Kier molecular flexibility index (Phi) is 8.26. The van der Waals surface area contributed by atoms with E-state index in [1.807, 2.05) is 24.7 Å². The Hall–Kier alpha value is -3.51. The minimum Gasteiger partial charge on any atom is -0.379 e. The molecule has 3 aromatic rings. The number of imidazole rings is 1. The normalized spacial score (nSPS) is 16.8. The van der Waals surface area contributed by atoms with E-state index in [0.29, 0.717) is 30.9 Å². The van der Waals surface area contributed by atoms with Crippen LogP contribution in [0.2, 0.25) is 0 Å². The predicted molar refractivity (Wildman–Crippen MR) is 142 cm³/mol. The van der Waals surface area contributed by atoms with Gasteiger partial charge in [0.2, 0.25) is 5.95 Å². The van der Waals surface area contributed by atoms with Crippen LogP contribution in [0, 0.1) is 0 Å². The number of nitrogens with one attached hydrogen (secondary N) is 3. The maximum Gasteiger partial charge on any atom is 0.312 e. The van der Waals surface area contributed by atoms with Crippen molar-refractivity contribution in [2.45, 2.75) is 51.1 Å². The fourth-order valence-corrected chi connectivity index (χ4v) is 4.91. The molecule has 0 radical (unpaired) electrons. The van der Waals surface area contributed by atoms with Crippen molar-refractivity contribution in [1.82, 2.24) is 34.7 Å². The number of ether oxygens (including phenoxy) is 1. The molecule has 12 heteroatoms. The number of urea groups is 1. The lowest BCUT2D eigenvalue weighted by Gasteiger charge is -2.26. The highest BCUT2D eigenvalue weighted by molar-refractivity contribution is 5.86. The minimum absolute atomic E-state index is 0.418. The molecule has 2 amide bonds. The number of fused-ring (bicyclic) bond motifs is 1. The third-order valence-corrected chi connectivity index (χ3v) is 6.90. The van der Waals surface area contributed by atoms with Crippen LogP contribution in [0.15, 0.2) is 24.7 Å². The SMILES string of the molecule is NC(=O)NCCCCNc1nc(Nc2ccc(CN3CCOCC3)nc2)c2ncn(C3CCCC3)c2n1. The molecule has 12 nitrogen and oxygen atoms in total. The number of anilines is 3. The molecule has 2 fully saturated rings. The molecule has 1 saturated heterocycles. The summed E-state index contributed by atoms with van der Waals surface area (Å²) in [6.45, 7) is 5.46. The lowest BCUT2D eigenvalue weighted by atomic mass is 10.2. The Balaban J connectivity index is 1.30. The standard InChI is InChI=1S/C25H36N10O2/c26-24(36)27-9-3-4-10-28-25-32-22(21-23(33-25)35(17-30-21)20-5-1-2-6-20)31-18-7-8-19(29-15-18)16-34-11-13-37-14-12-34/h7-8,15,17,20H,1-6,9-14,16H2,(H3,26,27,36)(H2,28,31,32,33). The monoisotopic (exact) mass is 508 g/mol. The summed E-state index contributed by atoms with van der Waals surface area (Å²) in [5.41, 5.74) is 8.59. The third kappa shape index (κ3) is 6.63. The van der Waals surface area contributed by atoms with Crippen molar-refractivity contribution in [3.8, 4) is 0 Å². The smallest absolute Gasteiger partial charge is 0.312 e. The summed E-state index contributed by atoms with van der Waals surface area (Å²) in [5, 5.41) is 9.37. The molecular weight excluding hydrogens is 472 g/mol. The van der Waals surface area contributed by atoms with Crippen LogP contribution in [0.3, 0.4) is 0 Å². The van der Waals surface area contributed by atoms with Crippen LogP contribution < -0.4 is 21.7 Å². The highest BCUT2D eigenvalue weighted by Gasteiger charge is 2.22. The molecule has 1 saturated carbocycles. The molecule has 1 aliphatic heterocycles. The molecule has 4 heterocycles. The first-order chi connectivity index (χ1) is 18.2. The molecule has 0 atom stereocenters. The number of carbonyl (C=O) groups excluding carboxylic acids is 1. The lowest BCUT2D eigenvalue weighted by Crippen LogP contribution is -2.35. The number of nitrogens with zero attached hydrogens (tertiary/aromatic N) is 6. The molecule has 2 aliphatic rings. The Labute approximate surface area is 216 Å². The van der Waals surface area contributed by atoms with Gasteiger partial charge in [-0.05, 0) is 37.8 Å². The van der Waals surface area contributed by atoms with Gasteiger partial charge in [0.15, 0.2) is 17.0 Å². The number of hydrogen-bond acceptors (Lipinski definition) is 9. The van der Waals surface area contributed by atoms with Gasteiger partial charge in [-0.3, -0.25) is 9.88 Å². The summed E-state index contributed by atoms with van der Waals surface area (Å²) in [7, 11) is 0. The Morgan fingerprint density at radius 3 is 2.65 bits per heavy atom. The Morgan fingerprint density at radius 1 is 1.08 bits per heavy atom. The summed E-state index contributed by atoms with van der Waals surface area (Å²) in [6, 6.07) is 4.00. The molecule has 198 valence electrons. The van der Waals surface area contributed by atoms with Gasteiger partial charge in [-0.25, -0.2) is 9.78 Å². The van der Waals surface area contributed by atoms with Crippen molar-refractivity contribution in [2.75, 3.05) is 50.0 Å². The van der Waals surface area contributed by atoms with E-state index in [2.05, 4.69) is 35.4 Å². The number of morpholine rings is 1. The van der Waals surface area contributed by atoms with Crippen LogP contribution in [-0.2, 0) is 11.3 Å². The van der Waals surface area contributed by atoms with Crippen LogP contribution in [0.5, 0.6) is 0 Å². The van der Waals surface area contributed by atoms with Crippen molar-refractivity contribution in [2.24, 2.45) is 5.73 Å². The number of pyridine rings is 1. The van der Waals surface area contributed by atoms with E-state index in [9.17, 15) is 4.79 Å². The van der Waals surface area contributed by atoms with Gasteiger partial charge in [-0.2, -0.15) is 9.97 Å². The topological polar surface area (TPSA) is 148 Å². The average Bonchev–Trinajstić information content (AvgIpc) is 3.58. The number of rotatable bonds is 11. The van der Waals surface area contributed by atoms with Gasteiger partial charge in [0.25, 0.3) is 0 Å².